The molecule has 2 unspecified atom stereocenters. The summed E-state index contributed by atoms with van der Waals surface area (Å²) in [7, 11) is -3.36. The Balaban J connectivity index is 1.83. The lowest BCUT2D eigenvalue weighted by atomic mass is 9.81. The summed E-state index contributed by atoms with van der Waals surface area (Å²) < 4.78 is 27.0. The van der Waals surface area contributed by atoms with Crippen LogP contribution in [0.25, 0.3) is 0 Å². The van der Waals surface area contributed by atoms with Gasteiger partial charge in [-0.25, -0.2) is 13.1 Å². The van der Waals surface area contributed by atoms with Crippen LogP contribution in [0.3, 0.4) is 0 Å². The second-order valence-corrected chi connectivity index (χ2v) is 8.54. The maximum atomic E-state index is 12.1. The van der Waals surface area contributed by atoms with Crippen molar-refractivity contribution in [2.75, 3.05) is 6.54 Å². The largest absolute Gasteiger partial charge is 0.326 e. The molecule has 6 heteroatoms. The van der Waals surface area contributed by atoms with Crippen LogP contribution in [-0.2, 0) is 16.6 Å². The summed E-state index contributed by atoms with van der Waals surface area (Å²) in [4.78, 5) is 1.24. The van der Waals surface area contributed by atoms with Crippen molar-refractivity contribution in [2.24, 2.45) is 17.6 Å². The van der Waals surface area contributed by atoms with Gasteiger partial charge in [-0.05, 0) is 30.7 Å². The van der Waals surface area contributed by atoms with Gasteiger partial charge in [0, 0.05) is 23.3 Å². The molecule has 0 radical (unpaired) electrons. The average Bonchev–Trinajstić information content (AvgIpc) is 2.88. The SMILES string of the molecule is CC1CCCC(CCNS(=O)(=O)c2csc(CN)c2)C1. The molecule has 1 aliphatic rings. The molecule has 1 aromatic heterocycles. The normalized spacial score (nSPS) is 23.9. The summed E-state index contributed by atoms with van der Waals surface area (Å²) in [6.07, 6.45) is 6.01. The van der Waals surface area contributed by atoms with Gasteiger partial charge in [0.1, 0.15) is 0 Å². The molecular formula is C14H24N2O2S2. The first-order valence-corrected chi connectivity index (χ1v) is 9.64. The summed E-state index contributed by atoms with van der Waals surface area (Å²) in [6, 6.07) is 1.66. The van der Waals surface area contributed by atoms with Crippen LogP contribution < -0.4 is 10.5 Å². The van der Waals surface area contributed by atoms with Crippen LogP contribution >= 0.6 is 11.3 Å². The standard InChI is InChI=1S/C14H24N2O2S2/c1-11-3-2-4-12(7-11)5-6-16-20(17,18)14-8-13(9-15)19-10-14/h8,10-12,16H,2-7,9,15H2,1H3. The zero-order chi connectivity index (χ0) is 14.6. The topological polar surface area (TPSA) is 72.2 Å². The summed E-state index contributed by atoms with van der Waals surface area (Å²) >= 11 is 1.39. The van der Waals surface area contributed by atoms with Crippen LogP contribution in [-0.4, -0.2) is 15.0 Å². The highest BCUT2D eigenvalue weighted by molar-refractivity contribution is 7.89. The molecule has 1 saturated carbocycles. The van der Waals surface area contributed by atoms with E-state index in [1.807, 2.05) is 0 Å². The average molecular weight is 316 g/mol. The molecule has 1 heterocycles. The Kier molecular flexibility index (Phi) is 5.60. The number of hydrogen-bond acceptors (Lipinski definition) is 4. The van der Waals surface area contributed by atoms with Gasteiger partial charge >= 0.3 is 0 Å². The van der Waals surface area contributed by atoms with Gasteiger partial charge < -0.3 is 5.73 Å². The van der Waals surface area contributed by atoms with Gasteiger partial charge in [-0.15, -0.1) is 11.3 Å². The molecule has 1 fully saturated rings. The molecular weight excluding hydrogens is 292 g/mol. The molecule has 3 N–H and O–H groups in total. The Morgan fingerprint density at radius 2 is 2.25 bits per heavy atom. The predicted octanol–water partition coefficient (Wildman–Crippen LogP) is 2.70. The molecule has 2 atom stereocenters. The number of nitrogens with one attached hydrogen (secondary N) is 1. The molecule has 0 aliphatic heterocycles. The van der Waals surface area contributed by atoms with Crippen molar-refractivity contribution in [2.45, 2.75) is 50.5 Å². The molecule has 4 nitrogen and oxygen atoms in total. The minimum atomic E-state index is -3.36. The van der Waals surface area contributed by atoms with Crippen LogP contribution in [0.2, 0.25) is 0 Å². The molecule has 0 bridgehead atoms. The van der Waals surface area contributed by atoms with Crippen molar-refractivity contribution in [3.63, 3.8) is 0 Å². The second kappa shape index (κ2) is 7.02. The van der Waals surface area contributed by atoms with Gasteiger partial charge in [0.2, 0.25) is 10.0 Å². The highest BCUT2D eigenvalue weighted by Crippen LogP contribution is 2.30. The molecule has 0 amide bonds. The van der Waals surface area contributed by atoms with Crippen LogP contribution in [0.5, 0.6) is 0 Å². The molecule has 0 aromatic carbocycles. The third-order valence-corrected chi connectivity index (χ3v) is 6.58. The quantitative estimate of drug-likeness (QED) is 0.847. The van der Waals surface area contributed by atoms with Gasteiger partial charge in [0.15, 0.2) is 0 Å². The Morgan fingerprint density at radius 1 is 1.45 bits per heavy atom. The van der Waals surface area contributed by atoms with Crippen LogP contribution in [0.4, 0.5) is 0 Å². The zero-order valence-corrected chi connectivity index (χ0v) is 13.6. The lowest BCUT2D eigenvalue weighted by molar-refractivity contribution is 0.271. The van der Waals surface area contributed by atoms with E-state index in [4.69, 9.17) is 5.73 Å². The number of hydrogen-bond donors (Lipinski definition) is 2. The minimum Gasteiger partial charge on any atom is -0.326 e. The first-order valence-electron chi connectivity index (χ1n) is 7.28. The van der Waals surface area contributed by atoms with Crippen molar-refractivity contribution in [1.82, 2.24) is 4.72 Å². The molecule has 0 spiro atoms. The molecule has 1 aliphatic carbocycles. The molecule has 2 rings (SSSR count). The van der Waals surface area contributed by atoms with Crippen molar-refractivity contribution in [1.29, 1.82) is 0 Å². The fourth-order valence-electron chi connectivity index (χ4n) is 2.91. The van der Waals surface area contributed by atoms with E-state index in [1.165, 1.54) is 37.0 Å². The van der Waals surface area contributed by atoms with E-state index in [0.717, 1.165) is 17.2 Å². The van der Waals surface area contributed by atoms with Crippen LogP contribution in [0.15, 0.2) is 16.3 Å². The van der Waals surface area contributed by atoms with E-state index in [1.54, 1.807) is 11.4 Å². The van der Waals surface area contributed by atoms with Crippen molar-refractivity contribution in [3.8, 4) is 0 Å². The van der Waals surface area contributed by atoms with Crippen LogP contribution in [0.1, 0.15) is 43.9 Å². The summed E-state index contributed by atoms with van der Waals surface area (Å²) in [6.45, 7) is 3.21. The maximum Gasteiger partial charge on any atom is 0.241 e. The molecule has 0 saturated heterocycles. The zero-order valence-electron chi connectivity index (χ0n) is 12.0. The second-order valence-electron chi connectivity index (χ2n) is 5.78. The van der Waals surface area contributed by atoms with E-state index >= 15 is 0 Å². The lowest BCUT2D eigenvalue weighted by Crippen LogP contribution is -2.27. The summed E-state index contributed by atoms with van der Waals surface area (Å²) in [5.74, 6) is 1.46. The van der Waals surface area contributed by atoms with Gasteiger partial charge in [-0.3, -0.25) is 0 Å². The summed E-state index contributed by atoms with van der Waals surface area (Å²) in [5.41, 5.74) is 5.51. The maximum absolute atomic E-state index is 12.1. The Labute approximate surface area is 125 Å². The smallest absolute Gasteiger partial charge is 0.241 e. The minimum absolute atomic E-state index is 0.347. The van der Waals surface area contributed by atoms with Gasteiger partial charge in [-0.1, -0.05) is 26.2 Å². The third-order valence-electron chi connectivity index (χ3n) is 4.03. The van der Waals surface area contributed by atoms with E-state index in [2.05, 4.69) is 11.6 Å². The van der Waals surface area contributed by atoms with E-state index < -0.39 is 10.0 Å². The number of rotatable bonds is 6. The predicted molar refractivity (Wildman–Crippen MR) is 83.1 cm³/mol. The highest BCUT2D eigenvalue weighted by Gasteiger charge is 2.20. The fraction of sp³-hybridized carbons (Fsp3) is 0.714. The molecule has 114 valence electrons. The van der Waals surface area contributed by atoms with Crippen LogP contribution in [0, 0.1) is 11.8 Å². The first-order chi connectivity index (χ1) is 9.51. The van der Waals surface area contributed by atoms with E-state index in [9.17, 15) is 8.42 Å². The van der Waals surface area contributed by atoms with Crippen molar-refractivity contribution >= 4 is 21.4 Å². The van der Waals surface area contributed by atoms with Gasteiger partial charge in [-0.2, -0.15) is 0 Å². The Hall–Kier alpha value is -0.430. The Bertz CT molecular complexity index is 525. The number of sulfonamides is 1. The van der Waals surface area contributed by atoms with Gasteiger partial charge in [0.05, 0.1) is 4.90 Å². The van der Waals surface area contributed by atoms with Gasteiger partial charge in [0.25, 0.3) is 0 Å². The number of nitrogens with two attached hydrogens (primary N) is 1. The Morgan fingerprint density at radius 3 is 2.90 bits per heavy atom. The van der Waals surface area contributed by atoms with Crippen molar-refractivity contribution in [3.05, 3.63) is 16.3 Å². The summed E-state index contributed by atoms with van der Waals surface area (Å²) in [5, 5.41) is 1.66. The highest BCUT2D eigenvalue weighted by atomic mass is 32.2. The van der Waals surface area contributed by atoms with Crippen molar-refractivity contribution < 1.29 is 8.42 Å². The number of thiophene rings is 1. The fourth-order valence-corrected chi connectivity index (χ4v) is 5.11. The molecule has 20 heavy (non-hydrogen) atoms. The molecule has 1 aromatic rings. The monoisotopic (exact) mass is 316 g/mol. The van der Waals surface area contributed by atoms with E-state index in [0.29, 0.717) is 23.9 Å². The van der Waals surface area contributed by atoms with E-state index in [-0.39, 0.29) is 0 Å². The first kappa shape index (κ1) is 15.9. The third kappa shape index (κ3) is 4.28. The lowest BCUT2D eigenvalue weighted by Gasteiger charge is -2.26.